The van der Waals surface area contributed by atoms with Gasteiger partial charge in [0.2, 0.25) is 5.91 Å². The molecule has 0 radical (unpaired) electrons. The lowest BCUT2D eigenvalue weighted by molar-refractivity contribution is -0.121. The third kappa shape index (κ3) is 4.75. The van der Waals surface area contributed by atoms with E-state index in [0.717, 1.165) is 17.7 Å². The van der Waals surface area contributed by atoms with Gasteiger partial charge in [-0.15, -0.1) is 0 Å². The predicted octanol–water partition coefficient (Wildman–Crippen LogP) is 2.16. The molecule has 0 aliphatic heterocycles. The predicted molar refractivity (Wildman–Crippen MR) is 73.5 cm³/mol. The Morgan fingerprint density at radius 2 is 2.22 bits per heavy atom. The highest BCUT2D eigenvalue weighted by atomic mass is 16.5. The van der Waals surface area contributed by atoms with Crippen LogP contribution in [0.5, 0.6) is 0 Å². The third-order valence-electron chi connectivity index (χ3n) is 2.56. The zero-order valence-corrected chi connectivity index (χ0v) is 11.3. The van der Waals surface area contributed by atoms with Gasteiger partial charge in [-0.05, 0) is 31.0 Å². The molecule has 0 spiro atoms. The second kappa shape index (κ2) is 7.71. The van der Waals surface area contributed by atoms with Gasteiger partial charge in [-0.1, -0.05) is 19.1 Å². The van der Waals surface area contributed by atoms with Crippen molar-refractivity contribution in [3.8, 4) is 0 Å². The van der Waals surface area contributed by atoms with Crippen LogP contribution in [0.1, 0.15) is 25.8 Å². The summed E-state index contributed by atoms with van der Waals surface area (Å²) >= 11 is 0. The highest BCUT2D eigenvalue weighted by Gasteiger charge is 2.11. The number of carbonyl (C=O) groups is 1. The Kier molecular flexibility index (Phi) is 6.22. The van der Waals surface area contributed by atoms with Crippen molar-refractivity contribution in [3.05, 3.63) is 29.8 Å². The molecule has 18 heavy (non-hydrogen) atoms. The molecular weight excluding hydrogens is 228 g/mol. The molecule has 0 aliphatic rings. The van der Waals surface area contributed by atoms with E-state index in [4.69, 9.17) is 4.74 Å². The van der Waals surface area contributed by atoms with Crippen LogP contribution in [-0.2, 0) is 16.1 Å². The molecule has 1 aromatic rings. The Hall–Kier alpha value is -1.55. The van der Waals surface area contributed by atoms with Gasteiger partial charge in [0.15, 0.2) is 0 Å². The van der Waals surface area contributed by atoms with Crippen molar-refractivity contribution in [1.29, 1.82) is 0 Å². The maximum Gasteiger partial charge on any atom is 0.242 e. The summed E-state index contributed by atoms with van der Waals surface area (Å²) in [6, 6.07) is 7.65. The van der Waals surface area contributed by atoms with Gasteiger partial charge in [0.1, 0.15) is 6.04 Å². The Morgan fingerprint density at radius 3 is 2.89 bits per heavy atom. The van der Waals surface area contributed by atoms with Crippen LogP contribution >= 0.6 is 0 Å². The molecule has 1 atom stereocenters. The molecule has 0 saturated carbocycles. The second-order valence-electron chi connectivity index (χ2n) is 4.29. The highest BCUT2D eigenvalue weighted by molar-refractivity contribution is 5.84. The van der Waals surface area contributed by atoms with E-state index in [9.17, 15) is 4.79 Å². The summed E-state index contributed by atoms with van der Waals surface area (Å²) in [7, 11) is 1.67. The first kappa shape index (κ1) is 14.5. The lowest BCUT2D eigenvalue weighted by atomic mass is 10.2. The highest BCUT2D eigenvalue weighted by Crippen LogP contribution is 2.12. The summed E-state index contributed by atoms with van der Waals surface area (Å²) in [5.74, 6) is 0.0222. The number of methoxy groups -OCH3 is 1. The molecule has 0 aliphatic carbocycles. The molecule has 1 rings (SSSR count). The standard InChI is InChI=1S/C14H22N2O2/c1-4-8-15-14(17)11(2)16-13-7-5-6-12(9-13)10-18-3/h5-7,9,11,16H,4,8,10H2,1-3H3,(H,15,17). The molecular formula is C14H22N2O2. The van der Waals surface area contributed by atoms with E-state index in [1.165, 1.54) is 0 Å². The van der Waals surface area contributed by atoms with Crippen LogP contribution in [-0.4, -0.2) is 25.6 Å². The van der Waals surface area contributed by atoms with Crippen LogP contribution in [0, 0.1) is 0 Å². The Morgan fingerprint density at radius 1 is 1.44 bits per heavy atom. The van der Waals surface area contributed by atoms with Crippen LogP contribution in [0.3, 0.4) is 0 Å². The van der Waals surface area contributed by atoms with E-state index in [2.05, 4.69) is 10.6 Å². The summed E-state index contributed by atoms with van der Waals surface area (Å²) in [5.41, 5.74) is 2.02. The molecule has 100 valence electrons. The number of ether oxygens (including phenoxy) is 1. The average Bonchev–Trinajstić information content (AvgIpc) is 2.36. The van der Waals surface area contributed by atoms with E-state index in [1.54, 1.807) is 7.11 Å². The number of nitrogens with one attached hydrogen (secondary N) is 2. The van der Waals surface area contributed by atoms with Crippen molar-refractivity contribution in [2.45, 2.75) is 32.9 Å². The summed E-state index contributed by atoms with van der Waals surface area (Å²) in [6.45, 7) is 5.18. The fourth-order valence-corrected chi connectivity index (χ4v) is 1.63. The smallest absolute Gasteiger partial charge is 0.242 e. The Bertz CT molecular complexity index is 380. The number of hydrogen-bond acceptors (Lipinski definition) is 3. The minimum atomic E-state index is -0.241. The lowest BCUT2D eigenvalue weighted by Crippen LogP contribution is -2.37. The molecule has 0 bridgehead atoms. The van der Waals surface area contributed by atoms with Crippen LogP contribution < -0.4 is 10.6 Å². The first-order valence-electron chi connectivity index (χ1n) is 6.29. The van der Waals surface area contributed by atoms with Crippen LogP contribution in [0.15, 0.2) is 24.3 Å². The molecule has 2 N–H and O–H groups in total. The van der Waals surface area contributed by atoms with Crippen molar-refractivity contribution in [2.24, 2.45) is 0 Å². The quantitative estimate of drug-likeness (QED) is 0.779. The minimum absolute atomic E-state index is 0.0222. The summed E-state index contributed by atoms with van der Waals surface area (Å²) in [5, 5.41) is 6.05. The number of anilines is 1. The van der Waals surface area contributed by atoms with Gasteiger partial charge in [0.05, 0.1) is 6.61 Å². The molecule has 0 heterocycles. The van der Waals surface area contributed by atoms with Crippen molar-refractivity contribution < 1.29 is 9.53 Å². The maximum absolute atomic E-state index is 11.7. The Labute approximate surface area is 109 Å². The largest absolute Gasteiger partial charge is 0.380 e. The van der Waals surface area contributed by atoms with Gasteiger partial charge >= 0.3 is 0 Å². The van der Waals surface area contributed by atoms with Crippen molar-refractivity contribution in [1.82, 2.24) is 5.32 Å². The van der Waals surface area contributed by atoms with Gasteiger partial charge in [-0.2, -0.15) is 0 Å². The van der Waals surface area contributed by atoms with Crippen molar-refractivity contribution >= 4 is 11.6 Å². The molecule has 1 unspecified atom stereocenters. The van der Waals surface area contributed by atoms with Gasteiger partial charge in [0.25, 0.3) is 0 Å². The number of rotatable bonds is 7. The topological polar surface area (TPSA) is 50.4 Å². The fraction of sp³-hybridized carbons (Fsp3) is 0.500. The SMILES string of the molecule is CCCNC(=O)C(C)Nc1cccc(COC)c1. The number of amides is 1. The summed E-state index contributed by atoms with van der Waals surface area (Å²) < 4.78 is 5.08. The van der Waals surface area contributed by atoms with Crippen LogP contribution in [0.2, 0.25) is 0 Å². The first-order valence-corrected chi connectivity index (χ1v) is 6.29. The van der Waals surface area contributed by atoms with E-state index in [-0.39, 0.29) is 11.9 Å². The summed E-state index contributed by atoms with van der Waals surface area (Å²) in [6.07, 6.45) is 0.946. The van der Waals surface area contributed by atoms with Crippen molar-refractivity contribution in [3.63, 3.8) is 0 Å². The van der Waals surface area contributed by atoms with Crippen LogP contribution in [0.4, 0.5) is 5.69 Å². The van der Waals surface area contributed by atoms with Crippen LogP contribution in [0.25, 0.3) is 0 Å². The first-order chi connectivity index (χ1) is 8.67. The Balaban J connectivity index is 2.55. The number of carbonyl (C=O) groups excluding carboxylic acids is 1. The maximum atomic E-state index is 11.7. The zero-order valence-electron chi connectivity index (χ0n) is 11.3. The third-order valence-corrected chi connectivity index (χ3v) is 2.56. The molecule has 0 aromatic heterocycles. The van der Waals surface area contributed by atoms with E-state index in [0.29, 0.717) is 13.2 Å². The van der Waals surface area contributed by atoms with Gasteiger partial charge in [-0.25, -0.2) is 0 Å². The monoisotopic (exact) mass is 250 g/mol. The molecule has 1 amide bonds. The molecule has 4 nitrogen and oxygen atoms in total. The normalized spacial score (nSPS) is 11.9. The second-order valence-corrected chi connectivity index (χ2v) is 4.29. The van der Waals surface area contributed by atoms with Gasteiger partial charge in [0, 0.05) is 19.3 Å². The molecule has 0 fully saturated rings. The molecule has 0 saturated heterocycles. The number of benzene rings is 1. The van der Waals surface area contributed by atoms with Gasteiger partial charge in [-0.3, -0.25) is 4.79 Å². The average molecular weight is 250 g/mol. The lowest BCUT2D eigenvalue weighted by Gasteiger charge is -2.15. The van der Waals surface area contributed by atoms with Gasteiger partial charge < -0.3 is 15.4 Å². The summed E-state index contributed by atoms with van der Waals surface area (Å²) in [4.78, 5) is 11.7. The minimum Gasteiger partial charge on any atom is -0.380 e. The molecule has 4 heteroatoms. The molecule has 1 aromatic carbocycles. The van der Waals surface area contributed by atoms with E-state index >= 15 is 0 Å². The van der Waals surface area contributed by atoms with E-state index < -0.39 is 0 Å². The van der Waals surface area contributed by atoms with E-state index in [1.807, 2.05) is 38.1 Å². The fourth-order valence-electron chi connectivity index (χ4n) is 1.63. The zero-order chi connectivity index (χ0) is 13.4. The van der Waals surface area contributed by atoms with Crippen molar-refractivity contribution in [2.75, 3.05) is 19.0 Å². The number of hydrogen-bond donors (Lipinski definition) is 2.